The van der Waals surface area contributed by atoms with Crippen molar-refractivity contribution in [1.29, 1.82) is 0 Å². The molecule has 1 fully saturated rings. The Labute approximate surface area is 160 Å². The van der Waals surface area contributed by atoms with Crippen LogP contribution in [-0.2, 0) is 16.0 Å². The lowest BCUT2D eigenvalue weighted by molar-refractivity contribution is -0.148. The van der Waals surface area contributed by atoms with E-state index in [2.05, 4.69) is 5.32 Å². The van der Waals surface area contributed by atoms with Gasteiger partial charge in [-0.25, -0.2) is 4.79 Å². The second-order valence-corrected chi connectivity index (χ2v) is 6.84. The van der Waals surface area contributed by atoms with Crippen LogP contribution in [0.2, 0.25) is 0 Å². The quantitative estimate of drug-likeness (QED) is 0.675. The third kappa shape index (κ3) is 4.84. The van der Waals surface area contributed by atoms with E-state index in [1.807, 2.05) is 6.07 Å². The van der Waals surface area contributed by atoms with E-state index in [4.69, 9.17) is 14.2 Å². The normalized spacial score (nSPS) is 16.1. The molecule has 1 amide bonds. The van der Waals surface area contributed by atoms with Gasteiger partial charge in [0.05, 0.1) is 21.3 Å². The van der Waals surface area contributed by atoms with Crippen LogP contribution in [0.3, 0.4) is 0 Å². The number of aryl methyl sites for hydroxylation is 1. The maximum atomic E-state index is 12.5. The smallest absolute Gasteiger partial charge is 0.329 e. The lowest BCUT2D eigenvalue weighted by Crippen LogP contribution is -2.54. The highest BCUT2D eigenvalue weighted by atomic mass is 16.5. The van der Waals surface area contributed by atoms with Gasteiger partial charge in [0.25, 0.3) is 0 Å². The Morgan fingerprint density at radius 1 is 1.00 bits per heavy atom. The van der Waals surface area contributed by atoms with Crippen LogP contribution >= 0.6 is 0 Å². The molecular formula is C20H29NO6. The van der Waals surface area contributed by atoms with Gasteiger partial charge in [0, 0.05) is 6.42 Å². The summed E-state index contributed by atoms with van der Waals surface area (Å²) >= 11 is 0. The average molecular weight is 379 g/mol. The highest BCUT2D eigenvalue weighted by Crippen LogP contribution is 2.40. The summed E-state index contributed by atoms with van der Waals surface area (Å²) in [5, 5.41) is 12.5. The van der Waals surface area contributed by atoms with E-state index in [9.17, 15) is 14.7 Å². The van der Waals surface area contributed by atoms with Gasteiger partial charge in [-0.3, -0.25) is 4.79 Å². The van der Waals surface area contributed by atoms with Crippen molar-refractivity contribution in [2.45, 2.75) is 56.9 Å². The first-order valence-electron chi connectivity index (χ1n) is 9.29. The van der Waals surface area contributed by atoms with Gasteiger partial charge < -0.3 is 24.6 Å². The molecule has 0 saturated heterocycles. The summed E-state index contributed by atoms with van der Waals surface area (Å²) in [7, 11) is 4.61. The maximum Gasteiger partial charge on any atom is 0.329 e. The van der Waals surface area contributed by atoms with Crippen molar-refractivity contribution in [1.82, 2.24) is 5.32 Å². The summed E-state index contributed by atoms with van der Waals surface area (Å²) in [4.78, 5) is 24.3. The molecule has 2 rings (SSSR count). The summed E-state index contributed by atoms with van der Waals surface area (Å²) in [6, 6.07) is 3.59. The third-order valence-electron chi connectivity index (χ3n) is 5.15. The number of carbonyl (C=O) groups is 2. The zero-order valence-corrected chi connectivity index (χ0v) is 16.3. The van der Waals surface area contributed by atoms with Crippen LogP contribution in [0.25, 0.3) is 0 Å². The number of carbonyl (C=O) groups excluding carboxylic acids is 1. The highest BCUT2D eigenvalue weighted by molar-refractivity contribution is 5.87. The zero-order chi connectivity index (χ0) is 19.9. The number of carboxylic acids is 1. The number of benzene rings is 1. The molecule has 2 N–H and O–H groups in total. The predicted molar refractivity (Wildman–Crippen MR) is 101 cm³/mol. The van der Waals surface area contributed by atoms with Crippen molar-refractivity contribution < 1.29 is 28.9 Å². The summed E-state index contributed by atoms with van der Waals surface area (Å²) < 4.78 is 16.1. The largest absolute Gasteiger partial charge is 0.493 e. The Bertz CT molecular complexity index is 665. The second-order valence-electron chi connectivity index (χ2n) is 6.84. The Balaban J connectivity index is 2.09. The SMILES string of the molecule is COc1ccc(CCC(=O)NC2(C(=O)O)CCCCCC2)c(OC)c1OC. The van der Waals surface area contributed by atoms with Crippen LogP contribution in [0.4, 0.5) is 0 Å². The molecule has 1 saturated carbocycles. The minimum atomic E-state index is -1.14. The van der Waals surface area contributed by atoms with Gasteiger partial charge in [-0.15, -0.1) is 0 Å². The van der Waals surface area contributed by atoms with Crippen LogP contribution in [-0.4, -0.2) is 43.9 Å². The monoisotopic (exact) mass is 379 g/mol. The van der Waals surface area contributed by atoms with E-state index in [1.165, 1.54) is 14.2 Å². The van der Waals surface area contributed by atoms with Crippen molar-refractivity contribution in [2.24, 2.45) is 0 Å². The standard InChI is InChI=1S/C20H29NO6/c1-25-15-10-8-14(17(26-2)18(15)27-3)9-11-16(22)21-20(19(23)24)12-6-4-5-7-13-20/h8,10H,4-7,9,11-13H2,1-3H3,(H,21,22)(H,23,24). The van der Waals surface area contributed by atoms with Gasteiger partial charge in [0.1, 0.15) is 5.54 Å². The molecule has 0 heterocycles. The summed E-state index contributed by atoms with van der Waals surface area (Å²) in [6.07, 6.45) is 5.18. The molecule has 1 aromatic carbocycles. The predicted octanol–water partition coefficient (Wildman–Crippen LogP) is 2.94. The first-order valence-corrected chi connectivity index (χ1v) is 9.29. The Hall–Kier alpha value is -2.44. The molecule has 1 aliphatic rings. The molecule has 0 spiro atoms. The zero-order valence-electron chi connectivity index (χ0n) is 16.3. The topological polar surface area (TPSA) is 94.1 Å². The van der Waals surface area contributed by atoms with Crippen LogP contribution in [0.1, 0.15) is 50.5 Å². The molecule has 0 aromatic heterocycles. The van der Waals surface area contributed by atoms with Crippen molar-refractivity contribution in [2.75, 3.05) is 21.3 Å². The number of hydrogen-bond acceptors (Lipinski definition) is 5. The van der Waals surface area contributed by atoms with Crippen LogP contribution < -0.4 is 19.5 Å². The highest BCUT2D eigenvalue weighted by Gasteiger charge is 2.39. The Kier molecular flexibility index (Phi) is 7.33. The number of amides is 1. The molecule has 7 heteroatoms. The van der Waals surface area contributed by atoms with Gasteiger partial charge in [-0.2, -0.15) is 0 Å². The minimum Gasteiger partial charge on any atom is -0.493 e. The minimum absolute atomic E-state index is 0.168. The molecular weight excluding hydrogens is 350 g/mol. The lowest BCUT2D eigenvalue weighted by atomic mass is 9.90. The molecule has 0 bridgehead atoms. The molecule has 7 nitrogen and oxygen atoms in total. The fourth-order valence-corrected chi connectivity index (χ4v) is 3.66. The van der Waals surface area contributed by atoms with Crippen LogP contribution in [0, 0.1) is 0 Å². The number of ether oxygens (including phenoxy) is 3. The number of rotatable bonds is 8. The van der Waals surface area contributed by atoms with Crippen LogP contribution in [0.5, 0.6) is 17.2 Å². The van der Waals surface area contributed by atoms with Gasteiger partial charge in [0.15, 0.2) is 11.5 Å². The van der Waals surface area contributed by atoms with E-state index in [-0.39, 0.29) is 12.3 Å². The molecule has 1 aliphatic carbocycles. The van der Waals surface area contributed by atoms with Gasteiger partial charge in [0.2, 0.25) is 11.7 Å². The number of methoxy groups -OCH3 is 3. The molecule has 0 unspecified atom stereocenters. The van der Waals surface area contributed by atoms with Crippen molar-refractivity contribution in [3.05, 3.63) is 17.7 Å². The molecule has 150 valence electrons. The molecule has 1 aromatic rings. The molecule has 0 atom stereocenters. The van der Waals surface area contributed by atoms with E-state index in [1.54, 1.807) is 13.2 Å². The lowest BCUT2D eigenvalue weighted by Gasteiger charge is -2.29. The van der Waals surface area contributed by atoms with Crippen molar-refractivity contribution in [3.8, 4) is 17.2 Å². The fraction of sp³-hybridized carbons (Fsp3) is 0.600. The van der Waals surface area contributed by atoms with E-state index >= 15 is 0 Å². The number of nitrogens with one attached hydrogen (secondary N) is 1. The van der Waals surface area contributed by atoms with E-state index in [0.717, 1.165) is 31.2 Å². The summed E-state index contributed by atoms with van der Waals surface area (Å²) in [6.45, 7) is 0. The average Bonchev–Trinajstić information content (AvgIpc) is 2.91. The number of aliphatic carboxylic acids is 1. The number of carboxylic acid groups (broad SMARTS) is 1. The molecule has 27 heavy (non-hydrogen) atoms. The molecule has 0 aliphatic heterocycles. The second kappa shape index (κ2) is 9.48. The van der Waals surface area contributed by atoms with E-state index in [0.29, 0.717) is 36.5 Å². The van der Waals surface area contributed by atoms with Crippen molar-refractivity contribution >= 4 is 11.9 Å². The maximum absolute atomic E-state index is 12.5. The Morgan fingerprint density at radius 3 is 2.15 bits per heavy atom. The first kappa shape index (κ1) is 20.9. The first-order chi connectivity index (χ1) is 13.0. The summed E-state index contributed by atoms with van der Waals surface area (Å²) in [5.41, 5.74) is -0.342. The van der Waals surface area contributed by atoms with Gasteiger partial charge >= 0.3 is 5.97 Å². The van der Waals surface area contributed by atoms with Crippen LogP contribution in [0.15, 0.2) is 12.1 Å². The molecule has 0 radical (unpaired) electrons. The fourth-order valence-electron chi connectivity index (χ4n) is 3.66. The number of hydrogen-bond donors (Lipinski definition) is 2. The van der Waals surface area contributed by atoms with Gasteiger partial charge in [-0.1, -0.05) is 31.7 Å². The third-order valence-corrected chi connectivity index (χ3v) is 5.15. The Morgan fingerprint density at radius 2 is 1.63 bits per heavy atom. The summed E-state index contributed by atoms with van der Waals surface area (Å²) in [5.74, 6) is 0.333. The van der Waals surface area contributed by atoms with E-state index < -0.39 is 11.5 Å². The van der Waals surface area contributed by atoms with Gasteiger partial charge in [-0.05, 0) is 30.9 Å². The van der Waals surface area contributed by atoms with Crippen molar-refractivity contribution in [3.63, 3.8) is 0 Å².